The van der Waals surface area contributed by atoms with Crippen molar-refractivity contribution < 1.29 is 18.3 Å². The van der Waals surface area contributed by atoms with E-state index in [1.807, 2.05) is 13.8 Å². The molecule has 0 bridgehead atoms. The molecule has 1 heterocycles. The first kappa shape index (κ1) is 15.9. The van der Waals surface area contributed by atoms with Gasteiger partial charge in [-0.15, -0.1) is 0 Å². The van der Waals surface area contributed by atoms with E-state index in [9.17, 15) is 18.3 Å². The molecule has 0 saturated heterocycles. The monoisotopic (exact) mass is 318 g/mol. The normalized spacial score (nSPS) is 11.4. The highest BCUT2D eigenvalue weighted by atomic mass is 35.5. The van der Waals surface area contributed by atoms with Crippen LogP contribution in [0.3, 0.4) is 0 Å². The maximum absolute atomic E-state index is 13.8. The molecule has 0 atom stereocenters. The number of hydrogen-bond donors (Lipinski definition) is 1. The van der Waals surface area contributed by atoms with E-state index in [2.05, 4.69) is 5.10 Å². The van der Waals surface area contributed by atoms with E-state index < -0.39 is 17.5 Å². The van der Waals surface area contributed by atoms with Gasteiger partial charge in [-0.2, -0.15) is 5.10 Å². The van der Waals surface area contributed by atoms with Crippen LogP contribution in [0.25, 0.3) is 5.69 Å². The van der Waals surface area contributed by atoms with Crippen molar-refractivity contribution in [1.29, 1.82) is 0 Å². The van der Waals surface area contributed by atoms with Crippen LogP contribution in [0, 0.1) is 23.4 Å². The van der Waals surface area contributed by atoms with E-state index in [0.717, 1.165) is 4.68 Å². The Labute approximate surface area is 125 Å². The second-order valence-electron chi connectivity index (χ2n) is 5.10. The van der Waals surface area contributed by atoms with Crippen LogP contribution in [0.5, 0.6) is 0 Å². The molecule has 1 aromatic carbocycles. The number of benzene rings is 1. The zero-order valence-electron chi connectivity index (χ0n) is 11.5. The predicted molar refractivity (Wildman–Crippen MR) is 72.9 cm³/mol. The minimum absolute atomic E-state index is 0.0157. The van der Waals surface area contributed by atoms with Crippen LogP contribution in [-0.2, 0) is 13.0 Å². The first-order chi connectivity index (χ1) is 9.85. The molecule has 21 heavy (non-hydrogen) atoms. The average Bonchev–Trinajstić information content (AvgIpc) is 2.69. The Balaban J connectivity index is 2.59. The molecule has 0 aliphatic rings. The predicted octanol–water partition coefficient (Wildman–Crippen LogP) is 3.63. The van der Waals surface area contributed by atoms with Crippen molar-refractivity contribution >= 4 is 11.6 Å². The lowest BCUT2D eigenvalue weighted by atomic mass is 10.1. The summed E-state index contributed by atoms with van der Waals surface area (Å²) in [6.07, 6.45) is 0.522. The molecule has 0 amide bonds. The zero-order chi connectivity index (χ0) is 15.7. The summed E-state index contributed by atoms with van der Waals surface area (Å²) in [6, 6.07) is 1.12. The third kappa shape index (κ3) is 3.06. The van der Waals surface area contributed by atoms with Crippen molar-refractivity contribution in [3.8, 4) is 5.69 Å². The molecule has 0 saturated carbocycles. The molecule has 0 unspecified atom stereocenters. The summed E-state index contributed by atoms with van der Waals surface area (Å²) in [6.45, 7) is 3.53. The lowest BCUT2D eigenvalue weighted by Crippen LogP contribution is -2.04. The first-order valence-corrected chi connectivity index (χ1v) is 6.75. The second kappa shape index (κ2) is 6.07. The van der Waals surface area contributed by atoms with Crippen molar-refractivity contribution in [2.45, 2.75) is 26.9 Å². The number of nitrogens with zero attached hydrogens (tertiary/aromatic N) is 2. The number of hydrogen-bond acceptors (Lipinski definition) is 2. The molecule has 1 N–H and O–H groups in total. The molecular formula is C14H14ClF3N2O. The fraction of sp³-hybridized carbons (Fsp3) is 0.357. The minimum atomic E-state index is -1.29. The lowest BCUT2D eigenvalue weighted by Gasteiger charge is -2.06. The third-order valence-electron chi connectivity index (χ3n) is 2.98. The Morgan fingerprint density at radius 3 is 2.38 bits per heavy atom. The molecule has 7 heteroatoms. The fourth-order valence-electron chi connectivity index (χ4n) is 2.01. The van der Waals surface area contributed by atoms with Gasteiger partial charge in [-0.25, -0.2) is 17.9 Å². The Bertz CT molecular complexity index is 671. The van der Waals surface area contributed by atoms with Crippen LogP contribution < -0.4 is 0 Å². The van der Waals surface area contributed by atoms with Crippen LogP contribution in [0.15, 0.2) is 12.1 Å². The Morgan fingerprint density at radius 2 is 1.81 bits per heavy atom. The molecule has 1 aromatic heterocycles. The standard InChI is InChI=1S/C14H14ClF3N2O/c1-7(2)3-12-8(6-21)14(15)20(19-12)13-5-10(17)9(16)4-11(13)18/h4-5,7,21H,3,6H2,1-2H3. The van der Waals surface area contributed by atoms with E-state index in [1.54, 1.807) is 0 Å². The van der Waals surface area contributed by atoms with Crippen molar-refractivity contribution in [3.63, 3.8) is 0 Å². The molecule has 0 aliphatic carbocycles. The summed E-state index contributed by atoms with van der Waals surface area (Å²) < 4.78 is 41.1. The minimum Gasteiger partial charge on any atom is -0.391 e. The summed E-state index contributed by atoms with van der Waals surface area (Å²) in [4.78, 5) is 0. The van der Waals surface area contributed by atoms with E-state index in [-0.39, 0.29) is 23.4 Å². The van der Waals surface area contributed by atoms with Gasteiger partial charge in [0.15, 0.2) is 17.5 Å². The van der Waals surface area contributed by atoms with Gasteiger partial charge < -0.3 is 5.11 Å². The largest absolute Gasteiger partial charge is 0.391 e. The summed E-state index contributed by atoms with van der Waals surface area (Å²) in [5.74, 6) is -3.23. The van der Waals surface area contributed by atoms with E-state index >= 15 is 0 Å². The fourth-order valence-corrected chi connectivity index (χ4v) is 2.31. The van der Waals surface area contributed by atoms with Gasteiger partial charge in [0.25, 0.3) is 0 Å². The van der Waals surface area contributed by atoms with Crippen LogP contribution >= 0.6 is 11.6 Å². The molecule has 0 radical (unpaired) electrons. The molecule has 3 nitrogen and oxygen atoms in total. The Morgan fingerprint density at radius 1 is 1.19 bits per heavy atom. The summed E-state index contributed by atoms with van der Waals surface area (Å²) >= 11 is 6.07. The van der Waals surface area contributed by atoms with E-state index in [0.29, 0.717) is 29.8 Å². The maximum atomic E-state index is 13.8. The smallest absolute Gasteiger partial charge is 0.161 e. The highest BCUT2D eigenvalue weighted by Crippen LogP contribution is 2.27. The molecule has 0 aliphatic heterocycles. The third-order valence-corrected chi connectivity index (χ3v) is 3.37. The number of aromatic nitrogens is 2. The van der Waals surface area contributed by atoms with Gasteiger partial charge in [0.05, 0.1) is 12.3 Å². The van der Waals surface area contributed by atoms with Gasteiger partial charge in [0.1, 0.15) is 10.8 Å². The zero-order valence-corrected chi connectivity index (χ0v) is 12.3. The number of rotatable bonds is 4. The summed E-state index contributed by atoms with van der Waals surface area (Å²) in [5, 5.41) is 13.5. The van der Waals surface area contributed by atoms with Gasteiger partial charge in [-0.05, 0) is 12.3 Å². The average molecular weight is 319 g/mol. The van der Waals surface area contributed by atoms with E-state index in [4.69, 9.17) is 11.6 Å². The van der Waals surface area contributed by atoms with Crippen LogP contribution in [0.2, 0.25) is 5.15 Å². The summed E-state index contributed by atoms with van der Waals surface area (Å²) in [7, 11) is 0. The molecule has 2 aromatic rings. The van der Waals surface area contributed by atoms with Gasteiger partial charge in [0.2, 0.25) is 0 Å². The molecule has 0 spiro atoms. The number of aliphatic hydroxyl groups is 1. The quantitative estimate of drug-likeness (QED) is 0.874. The number of aliphatic hydroxyl groups excluding tert-OH is 1. The molecule has 0 fully saturated rings. The van der Waals surface area contributed by atoms with Gasteiger partial charge in [-0.1, -0.05) is 25.4 Å². The topological polar surface area (TPSA) is 38.0 Å². The van der Waals surface area contributed by atoms with Gasteiger partial charge >= 0.3 is 0 Å². The Kier molecular flexibility index (Phi) is 4.58. The van der Waals surface area contributed by atoms with Crippen LogP contribution in [0.4, 0.5) is 13.2 Å². The lowest BCUT2D eigenvalue weighted by molar-refractivity contribution is 0.280. The van der Waals surface area contributed by atoms with E-state index in [1.165, 1.54) is 0 Å². The molecular weight excluding hydrogens is 305 g/mol. The van der Waals surface area contributed by atoms with Crippen molar-refractivity contribution in [3.05, 3.63) is 46.0 Å². The molecule has 2 rings (SSSR count). The Hall–Kier alpha value is -1.53. The molecule has 114 valence electrons. The second-order valence-corrected chi connectivity index (χ2v) is 5.46. The first-order valence-electron chi connectivity index (χ1n) is 6.37. The maximum Gasteiger partial charge on any atom is 0.161 e. The van der Waals surface area contributed by atoms with Crippen LogP contribution in [-0.4, -0.2) is 14.9 Å². The highest BCUT2D eigenvalue weighted by molar-refractivity contribution is 6.30. The SMILES string of the molecule is CC(C)Cc1nn(-c2cc(F)c(F)cc2F)c(Cl)c1CO. The van der Waals surface area contributed by atoms with Crippen LogP contribution in [0.1, 0.15) is 25.1 Å². The van der Waals surface area contributed by atoms with Crippen molar-refractivity contribution in [1.82, 2.24) is 9.78 Å². The van der Waals surface area contributed by atoms with Crippen molar-refractivity contribution in [2.24, 2.45) is 5.92 Å². The van der Waals surface area contributed by atoms with Gasteiger partial charge in [-0.3, -0.25) is 0 Å². The number of halogens is 4. The van der Waals surface area contributed by atoms with Gasteiger partial charge in [0, 0.05) is 17.7 Å². The highest BCUT2D eigenvalue weighted by Gasteiger charge is 2.20. The summed E-state index contributed by atoms with van der Waals surface area (Å²) in [5.41, 5.74) is 0.555. The van der Waals surface area contributed by atoms with Crippen molar-refractivity contribution in [2.75, 3.05) is 0 Å².